The van der Waals surface area contributed by atoms with E-state index in [0.29, 0.717) is 10.7 Å². The van der Waals surface area contributed by atoms with E-state index in [0.717, 1.165) is 18.4 Å². The van der Waals surface area contributed by atoms with Gasteiger partial charge in [-0.25, -0.2) is 4.39 Å². The molecule has 1 atom stereocenters. The van der Waals surface area contributed by atoms with Crippen molar-refractivity contribution in [2.24, 2.45) is 5.92 Å². The Morgan fingerprint density at radius 3 is 2.50 bits per heavy atom. The summed E-state index contributed by atoms with van der Waals surface area (Å²) in [6.07, 6.45) is 1.85. The SMILES string of the molecule is CC(C)CC(Br)Cc1ccccc1F. The first-order chi connectivity index (χ1) is 6.59. The van der Waals surface area contributed by atoms with E-state index in [-0.39, 0.29) is 5.82 Å². The molecule has 0 saturated heterocycles. The molecule has 0 radical (unpaired) electrons. The average molecular weight is 259 g/mol. The van der Waals surface area contributed by atoms with Crippen LogP contribution in [-0.4, -0.2) is 4.83 Å². The van der Waals surface area contributed by atoms with Crippen molar-refractivity contribution in [1.29, 1.82) is 0 Å². The number of benzene rings is 1. The summed E-state index contributed by atoms with van der Waals surface area (Å²) >= 11 is 3.58. The minimum Gasteiger partial charge on any atom is -0.207 e. The van der Waals surface area contributed by atoms with E-state index in [1.54, 1.807) is 6.07 Å². The van der Waals surface area contributed by atoms with E-state index in [9.17, 15) is 4.39 Å². The van der Waals surface area contributed by atoms with Gasteiger partial charge in [-0.2, -0.15) is 0 Å². The van der Waals surface area contributed by atoms with Gasteiger partial charge in [-0.05, 0) is 30.4 Å². The van der Waals surface area contributed by atoms with Crippen molar-refractivity contribution in [3.05, 3.63) is 35.6 Å². The Hall–Kier alpha value is -0.370. The van der Waals surface area contributed by atoms with E-state index in [1.807, 2.05) is 12.1 Å². The van der Waals surface area contributed by atoms with E-state index < -0.39 is 0 Å². The molecule has 0 nitrogen and oxygen atoms in total. The maximum atomic E-state index is 13.3. The van der Waals surface area contributed by atoms with Crippen LogP contribution >= 0.6 is 15.9 Å². The van der Waals surface area contributed by atoms with Crippen LogP contribution in [-0.2, 0) is 6.42 Å². The Balaban J connectivity index is 2.56. The van der Waals surface area contributed by atoms with Gasteiger partial charge in [0.25, 0.3) is 0 Å². The Labute approximate surface area is 93.7 Å². The predicted octanol–water partition coefficient (Wildman–Crippen LogP) is 4.18. The molecule has 78 valence electrons. The third-order valence-electron chi connectivity index (χ3n) is 2.13. The minimum atomic E-state index is -0.0966. The van der Waals surface area contributed by atoms with Gasteiger partial charge in [0.15, 0.2) is 0 Å². The molecule has 0 bridgehead atoms. The molecule has 1 aromatic carbocycles. The highest BCUT2D eigenvalue weighted by Gasteiger charge is 2.10. The molecule has 0 aromatic heterocycles. The monoisotopic (exact) mass is 258 g/mol. The van der Waals surface area contributed by atoms with Crippen molar-refractivity contribution in [3.8, 4) is 0 Å². The van der Waals surface area contributed by atoms with Gasteiger partial charge in [-0.15, -0.1) is 0 Å². The van der Waals surface area contributed by atoms with E-state index in [2.05, 4.69) is 29.8 Å². The fourth-order valence-electron chi connectivity index (χ4n) is 1.50. The Morgan fingerprint density at radius 1 is 1.29 bits per heavy atom. The van der Waals surface area contributed by atoms with Gasteiger partial charge in [0.2, 0.25) is 0 Å². The molecule has 0 spiro atoms. The first-order valence-electron chi connectivity index (χ1n) is 4.97. The first kappa shape index (κ1) is 11.7. The Morgan fingerprint density at radius 2 is 1.93 bits per heavy atom. The second kappa shape index (κ2) is 5.50. The van der Waals surface area contributed by atoms with E-state index >= 15 is 0 Å². The predicted molar refractivity (Wildman–Crippen MR) is 62.3 cm³/mol. The third-order valence-corrected chi connectivity index (χ3v) is 2.82. The lowest BCUT2D eigenvalue weighted by Crippen LogP contribution is -2.07. The second-order valence-electron chi connectivity index (χ2n) is 4.02. The lowest BCUT2D eigenvalue weighted by atomic mass is 10.0. The molecule has 0 aliphatic rings. The molecule has 1 unspecified atom stereocenters. The van der Waals surface area contributed by atoms with Crippen LogP contribution in [0.5, 0.6) is 0 Å². The van der Waals surface area contributed by atoms with Crippen LogP contribution in [0.4, 0.5) is 4.39 Å². The van der Waals surface area contributed by atoms with Gasteiger partial charge in [-0.3, -0.25) is 0 Å². The van der Waals surface area contributed by atoms with Gasteiger partial charge >= 0.3 is 0 Å². The highest BCUT2D eigenvalue weighted by atomic mass is 79.9. The lowest BCUT2D eigenvalue weighted by molar-refractivity contribution is 0.556. The van der Waals surface area contributed by atoms with Crippen LogP contribution in [0.15, 0.2) is 24.3 Å². The highest BCUT2D eigenvalue weighted by molar-refractivity contribution is 9.09. The number of alkyl halides is 1. The molecular weight excluding hydrogens is 243 g/mol. The van der Waals surface area contributed by atoms with Crippen LogP contribution in [0.25, 0.3) is 0 Å². The molecule has 1 rings (SSSR count). The van der Waals surface area contributed by atoms with Crippen LogP contribution in [0, 0.1) is 11.7 Å². The fourth-order valence-corrected chi connectivity index (χ4v) is 2.59. The number of hydrogen-bond donors (Lipinski definition) is 0. The maximum Gasteiger partial charge on any atom is 0.126 e. The van der Waals surface area contributed by atoms with Crippen molar-refractivity contribution in [2.75, 3.05) is 0 Å². The summed E-state index contributed by atoms with van der Waals surface area (Å²) in [6, 6.07) is 6.98. The van der Waals surface area contributed by atoms with Crippen molar-refractivity contribution < 1.29 is 4.39 Å². The number of hydrogen-bond acceptors (Lipinski definition) is 0. The fraction of sp³-hybridized carbons (Fsp3) is 0.500. The molecule has 0 fully saturated rings. The molecule has 0 N–H and O–H groups in total. The van der Waals surface area contributed by atoms with Crippen LogP contribution < -0.4 is 0 Å². The molecule has 0 saturated carbocycles. The second-order valence-corrected chi connectivity index (χ2v) is 5.32. The largest absolute Gasteiger partial charge is 0.207 e. The van der Waals surface area contributed by atoms with Crippen LogP contribution in [0.3, 0.4) is 0 Å². The van der Waals surface area contributed by atoms with Crippen molar-refractivity contribution in [2.45, 2.75) is 31.5 Å². The van der Waals surface area contributed by atoms with E-state index in [4.69, 9.17) is 0 Å². The topological polar surface area (TPSA) is 0 Å². The zero-order chi connectivity index (χ0) is 10.6. The number of rotatable bonds is 4. The zero-order valence-electron chi connectivity index (χ0n) is 8.63. The summed E-state index contributed by atoms with van der Waals surface area (Å²) in [5.74, 6) is 0.548. The van der Waals surface area contributed by atoms with Gasteiger partial charge in [0.05, 0.1) is 0 Å². The molecule has 0 amide bonds. The summed E-state index contributed by atoms with van der Waals surface area (Å²) < 4.78 is 13.3. The maximum absolute atomic E-state index is 13.3. The molecule has 2 heteroatoms. The lowest BCUT2D eigenvalue weighted by Gasteiger charge is -2.12. The standard InChI is InChI=1S/C12H16BrF/c1-9(2)7-11(13)8-10-5-3-4-6-12(10)14/h3-6,9,11H,7-8H2,1-2H3. The molecule has 0 aliphatic carbocycles. The van der Waals surface area contributed by atoms with Crippen LogP contribution in [0.2, 0.25) is 0 Å². The normalized spacial score (nSPS) is 13.2. The summed E-state index contributed by atoms with van der Waals surface area (Å²) in [5.41, 5.74) is 0.801. The molecular formula is C12H16BrF. The third kappa shape index (κ3) is 3.79. The van der Waals surface area contributed by atoms with Gasteiger partial charge < -0.3 is 0 Å². The van der Waals surface area contributed by atoms with Crippen LogP contribution in [0.1, 0.15) is 25.8 Å². The highest BCUT2D eigenvalue weighted by Crippen LogP contribution is 2.19. The van der Waals surface area contributed by atoms with Crippen molar-refractivity contribution in [3.63, 3.8) is 0 Å². The summed E-state index contributed by atoms with van der Waals surface area (Å²) in [4.78, 5) is 0.374. The molecule has 1 aromatic rings. The van der Waals surface area contributed by atoms with Crippen molar-refractivity contribution >= 4 is 15.9 Å². The van der Waals surface area contributed by atoms with E-state index in [1.165, 1.54) is 6.07 Å². The van der Waals surface area contributed by atoms with Gasteiger partial charge in [0.1, 0.15) is 5.82 Å². The minimum absolute atomic E-state index is 0.0966. The quantitative estimate of drug-likeness (QED) is 0.711. The molecule has 0 aliphatic heterocycles. The zero-order valence-corrected chi connectivity index (χ0v) is 10.2. The first-order valence-corrected chi connectivity index (χ1v) is 5.88. The smallest absolute Gasteiger partial charge is 0.126 e. The average Bonchev–Trinajstić information content (AvgIpc) is 2.07. The Bertz CT molecular complexity index is 283. The number of halogens is 2. The van der Waals surface area contributed by atoms with Gasteiger partial charge in [0, 0.05) is 4.83 Å². The molecule has 14 heavy (non-hydrogen) atoms. The van der Waals surface area contributed by atoms with Gasteiger partial charge in [-0.1, -0.05) is 48.0 Å². The van der Waals surface area contributed by atoms with Crippen molar-refractivity contribution in [1.82, 2.24) is 0 Å². The summed E-state index contributed by atoms with van der Waals surface area (Å²) in [7, 11) is 0. The Kier molecular flexibility index (Phi) is 4.59. The molecule has 0 heterocycles. The summed E-state index contributed by atoms with van der Waals surface area (Å²) in [5, 5.41) is 0. The summed E-state index contributed by atoms with van der Waals surface area (Å²) in [6.45, 7) is 4.35.